The fourth-order valence-corrected chi connectivity index (χ4v) is 2.10. The Morgan fingerprint density at radius 1 is 1.19 bits per heavy atom. The molecule has 0 radical (unpaired) electrons. The zero-order valence-corrected chi connectivity index (χ0v) is 12.7. The number of nitrogens with zero attached hydrogens (tertiary/aromatic N) is 2. The van der Waals surface area contributed by atoms with Crippen LogP contribution in [0.15, 0.2) is 35.1 Å². The predicted molar refractivity (Wildman–Crippen MR) is 82.5 cm³/mol. The van der Waals surface area contributed by atoms with E-state index in [1.165, 1.54) is 10.7 Å². The molecule has 0 fully saturated rings. The van der Waals surface area contributed by atoms with Crippen molar-refractivity contribution in [3.05, 3.63) is 57.5 Å². The number of aryl methyl sites for hydroxylation is 3. The molecular formula is C16H19N3O2. The van der Waals surface area contributed by atoms with Crippen molar-refractivity contribution in [2.24, 2.45) is 0 Å². The maximum Gasteiger partial charge on any atom is 0.267 e. The van der Waals surface area contributed by atoms with Crippen LogP contribution in [-0.2, 0) is 4.79 Å². The summed E-state index contributed by atoms with van der Waals surface area (Å²) in [5, 5.41) is 6.96. The molecule has 1 N–H and O–H groups in total. The topological polar surface area (TPSA) is 64.0 Å². The summed E-state index contributed by atoms with van der Waals surface area (Å²) in [6.07, 6.45) is 0. The van der Waals surface area contributed by atoms with Gasteiger partial charge in [-0.2, -0.15) is 5.10 Å². The molecule has 1 unspecified atom stereocenters. The lowest BCUT2D eigenvalue weighted by Gasteiger charge is -2.15. The highest BCUT2D eigenvalue weighted by atomic mass is 16.2. The number of anilines is 1. The van der Waals surface area contributed by atoms with Gasteiger partial charge in [-0.3, -0.25) is 9.59 Å². The molecule has 0 saturated heterocycles. The van der Waals surface area contributed by atoms with E-state index in [4.69, 9.17) is 0 Å². The summed E-state index contributed by atoms with van der Waals surface area (Å²) < 4.78 is 1.20. The van der Waals surface area contributed by atoms with Crippen molar-refractivity contribution in [2.75, 3.05) is 5.32 Å². The second-order valence-corrected chi connectivity index (χ2v) is 5.24. The van der Waals surface area contributed by atoms with Gasteiger partial charge in [0.2, 0.25) is 5.91 Å². The van der Waals surface area contributed by atoms with Crippen molar-refractivity contribution in [2.45, 2.75) is 33.7 Å². The number of carbonyl (C=O) groups excluding carboxylic acids is 1. The number of carbonyl (C=O) groups is 1. The standard InChI is InChI=1S/C16H19N3O2/c1-10-5-7-14(11(2)9-10)17-16(21)13(4)19-15(20)8-6-12(3)18-19/h5-9,13H,1-4H3,(H,17,21). The highest BCUT2D eigenvalue weighted by Gasteiger charge is 2.18. The fourth-order valence-electron chi connectivity index (χ4n) is 2.10. The molecule has 1 aromatic heterocycles. The van der Waals surface area contributed by atoms with Gasteiger partial charge in [-0.15, -0.1) is 0 Å². The summed E-state index contributed by atoms with van der Waals surface area (Å²) in [7, 11) is 0. The first-order chi connectivity index (χ1) is 9.88. The molecule has 5 heteroatoms. The molecule has 0 spiro atoms. The Kier molecular flexibility index (Phi) is 4.21. The van der Waals surface area contributed by atoms with Crippen LogP contribution in [0.25, 0.3) is 0 Å². The van der Waals surface area contributed by atoms with Gasteiger partial charge in [-0.25, -0.2) is 4.68 Å². The van der Waals surface area contributed by atoms with Gasteiger partial charge in [0.15, 0.2) is 0 Å². The smallest absolute Gasteiger partial charge is 0.267 e. The maximum absolute atomic E-state index is 12.3. The van der Waals surface area contributed by atoms with Crippen LogP contribution in [0.4, 0.5) is 5.69 Å². The number of nitrogens with one attached hydrogen (secondary N) is 1. The molecule has 1 heterocycles. The molecule has 0 aliphatic rings. The van der Waals surface area contributed by atoms with Crippen molar-refractivity contribution in [3.8, 4) is 0 Å². The predicted octanol–water partition coefficient (Wildman–Crippen LogP) is 2.37. The van der Waals surface area contributed by atoms with Gasteiger partial charge < -0.3 is 5.32 Å². The number of benzene rings is 1. The van der Waals surface area contributed by atoms with Crippen LogP contribution in [0.1, 0.15) is 29.8 Å². The number of hydrogen-bond acceptors (Lipinski definition) is 3. The second kappa shape index (κ2) is 5.91. The average Bonchev–Trinajstić information content (AvgIpc) is 2.43. The SMILES string of the molecule is Cc1ccc(NC(=O)C(C)n2nc(C)ccc2=O)c(C)c1. The van der Waals surface area contributed by atoms with Crippen LogP contribution < -0.4 is 10.9 Å². The number of rotatable bonds is 3. The molecule has 1 amide bonds. The third-order valence-corrected chi connectivity index (χ3v) is 3.34. The van der Waals surface area contributed by atoms with E-state index in [0.29, 0.717) is 5.69 Å². The summed E-state index contributed by atoms with van der Waals surface area (Å²) in [6.45, 7) is 7.37. The first-order valence-corrected chi connectivity index (χ1v) is 6.83. The van der Waals surface area contributed by atoms with Crippen molar-refractivity contribution in [3.63, 3.8) is 0 Å². The van der Waals surface area contributed by atoms with Gasteiger partial charge in [-0.05, 0) is 45.4 Å². The Morgan fingerprint density at radius 2 is 1.90 bits per heavy atom. The van der Waals surface area contributed by atoms with E-state index in [-0.39, 0.29) is 11.5 Å². The quantitative estimate of drug-likeness (QED) is 0.941. The zero-order chi connectivity index (χ0) is 15.6. The third kappa shape index (κ3) is 3.37. The van der Waals surface area contributed by atoms with Gasteiger partial charge in [-0.1, -0.05) is 17.7 Å². The van der Waals surface area contributed by atoms with Gasteiger partial charge in [0, 0.05) is 11.8 Å². The lowest BCUT2D eigenvalue weighted by atomic mass is 10.1. The summed E-state index contributed by atoms with van der Waals surface area (Å²) in [5.41, 5.74) is 3.28. The van der Waals surface area contributed by atoms with E-state index in [1.807, 2.05) is 32.0 Å². The lowest BCUT2D eigenvalue weighted by molar-refractivity contribution is -0.119. The van der Waals surface area contributed by atoms with Gasteiger partial charge in [0.25, 0.3) is 5.56 Å². The van der Waals surface area contributed by atoms with E-state index in [1.54, 1.807) is 19.9 Å². The molecule has 0 bridgehead atoms. The molecule has 110 valence electrons. The summed E-state index contributed by atoms with van der Waals surface area (Å²) >= 11 is 0. The minimum Gasteiger partial charge on any atom is -0.324 e. The van der Waals surface area contributed by atoms with Crippen molar-refractivity contribution < 1.29 is 4.79 Å². The molecular weight excluding hydrogens is 266 g/mol. The van der Waals surface area contributed by atoms with E-state index in [9.17, 15) is 9.59 Å². The van der Waals surface area contributed by atoms with E-state index < -0.39 is 6.04 Å². The van der Waals surface area contributed by atoms with Gasteiger partial charge in [0.05, 0.1) is 5.69 Å². The average molecular weight is 285 g/mol. The Hall–Kier alpha value is -2.43. The molecule has 21 heavy (non-hydrogen) atoms. The Labute approximate surface area is 123 Å². The molecule has 0 saturated carbocycles. The van der Waals surface area contributed by atoms with Crippen LogP contribution in [0.3, 0.4) is 0 Å². The monoisotopic (exact) mass is 285 g/mol. The zero-order valence-electron chi connectivity index (χ0n) is 12.7. The number of amides is 1. The Morgan fingerprint density at radius 3 is 2.57 bits per heavy atom. The molecule has 2 rings (SSSR count). The Balaban J connectivity index is 2.23. The van der Waals surface area contributed by atoms with E-state index in [2.05, 4.69) is 10.4 Å². The van der Waals surface area contributed by atoms with E-state index in [0.717, 1.165) is 16.8 Å². The number of hydrogen-bond donors (Lipinski definition) is 1. The largest absolute Gasteiger partial charge is 0.324 e. The summed E-state index contributed by atoms with van der Waals surface area (Å²) in [6, 6.07) is 8.18. The molecule has 1 aromatic carbocycles. The van der Waals surface area contributed by atoms with Gasteiger partial charge >= 0.3 is 0 Å². The molecule has 0 aliphatic heterocycles. The minimum atomic E-state index is -0.668. The van der Waals surface area contributed by atoms with Crippen molar-refractivity contribution in [1.82, 2.24) is 9.78 Å². The summed E-state index contributed by atoms with van der Waals surface area (Å²) in [4.78, 5) is 24.1. The Bertz CT molecular complexity index is 735. The number of aromatic nitrogens is 2. The van der Waals surface area contributed by atoms with Gasteiger partial charge in [0.1, 0.15) is 6.04 Å². The van der Waals surface area contributed by atoms with Crippen LogP contribution >= 0.6 is 0 Å². The van der Waals surface area contributed by atoms with Crippen LogP contribution in [0.2, 0.25) is 0 Å². The first kappa shape index (κ1) is 15.0. The highest BCUT2D eigenvalue weighted by molar-refractivity contribution is 5.94. The summed E-state index contributed by atoms with van der Waals surface area (Å²) in [5.74, 6) is -0.262. The lowest BCUT2D eigenvalue weighted by Crippen LogP contribution is -2.33. The molecule has 0 aliphatic carbocycles. The highest BCUT2D eigenvalue weighted by Crippen LogP contribution is 2.17. The van der Waals surface area contributed by atoms with Crippen LogP contribution in [-0.4, -0.2) is 15.7 Å². The second-order valence-electron chi connectivity index (χ2n) is 5.24. The van der Waals surface area contributed by atoms with Crippen LogP contribution in [0.5, 0.6) is 0 Å². The normalized spacial score (nSPS) is 12.0. The van der Waals surface area contributed by atoms with Crippen molar-refractivity contribution in [1.29, 1.82) is 0 Å². The molecule has 1 atom stereocenters. The van der Waals surface area contributed by atoms with Crippen molar-refractivity contribution >= 4 is 11.6 Å². The molecule has 5 nitrogen and oxygen atoms in total. The minimum absolute atomic E-state index is 0.262. The molecule has 2 aromatic rings. The van der Waals surface area contributed by atoms with E-state index >= 15 is 0 Å². The third-order valence-electron chi connectivity index (χ3n) is 3.34. The van der Waals surface area contributed by atoms with Crippen LogP contribution in [0, 0.1) is 20.8 Å². The maximum atomic E-state index is 12.3. The first-order valence-electron chi connectivity index (χ1n) is 6.83. The fraction of sp³-hybridized carbons (Fsp3) is 0.312.